The highest BCUT2D eigenvalue weighted by Crippen LogP contribution is 2.42. The molecule has 1 aliphatic carbocycles. The van der Waals surface area contributed by atoms with E-state index in [1.54, 1.807) is 0 Å². The van der Waals surface area contributed by atoms with Crippen LogP contribution < -0.4 is 15.4 Å². The first-order valence-corrected chi connectivity index (χ1v) is 10.8. The van der Waals surface area contributed by atoms with Crippen molar-refractivity contribution in [2.75, 3.05) is 7.11 Å². The molecule has 4 rings (SSSR count). The molecule has 2 aliphatic rings. The van der Waals surface area contributed by atoms with Gasteiger partial charge in [0.05, 0.1) is 18.6 Å². The molecule has 0 aromatic heterocycles. The minimum atomic E-state index is -0.602. The molecule has 1 aliphatic heterocycles. The molecule has 1 atom stereocenters. The van der Waals surface area contributed by atoms with Gasteiger partial charge >= 0.3 is 5.97 Å². The summed E-state index contributed by atoms with van der Waals surface area (Å²) in [4.78, 5) is 26.1. The standard InChI is InChI=1S/C26H28N2O4/c1-16-22(25(29)28-19-13-14-19)24(23(17(2)27-16)26(30)31-3)20-11-7-8-12-21(20)32-15-18-9-5-4-6-10-18/h4-12,19,24,27H,13-15H2,1-3H3,(H,28,29). The van der Waals surface area contributed by atoms with Gasteiger partial charge in [0.1, 0.15) is 12.4 Å². The fourth-order valence-corrected chi connectivity index (χ4v) is 4.06. The van der Waals surface area contributed by atoms with E-state index in [0.717, 1.165) is 29.7 Å². The molecule has 1 fully saturated rings. The minimum absolute atomic E-state index is 0.172. The van der Waals surface area contributed by atoms with Crippen molar-refractivity contribution in [3.8, 4) is 5.75 Å². The number of nitrogens with one attached hydrogen (secondary N) is 2. The van der Waals surface area contributed by atoms with Crippen LogP contribution in [0.5, 0.6) is 5.75 Å². The Bertz CT molecular complexity index is 1080. The van der Waals surface area contributed by atoms with E-state index in [1.165, 1.54) is 7.11 Å². The molecule has 2 aromatic rings. The van der Waals surface area contributed by atoms with Gasteiger partial charge in [0.15, 0.2) is 0 Å². The second kappa shape index (κ2) is 9.30. The van der Waals surface area contributed by atoms with Gasteiger partial charge < -0.3 is 20.1 Å². The van der Waals surface area contributed by atoms with Crippen molar-refractivity contribution in [3.05, 3.63) is 88.3 Å². The molecule has 1 amide bonds. The average molecular weight is 433 g/mol. The van der Waals surface area contributed by atoms with Gasteiger partial charge in [0.25, 0.3) is 0 Å². The SMILES string of the molecule is COC(=O)C1=C(C)NC(C)=C(C(=O)NC2CC2)C1c1ccccc1OCc1ccccc1. The number of esters is 1. The number of allylic oxidation sites excluding steroid dienone is 2. The predicted molar refractivity (Wildman–Crippen MR) is 122 cm³/mol. The Hall–Kier alpha value is -3.54. The first-order valence-electron chi connectivity index (χ1n) is 10.8. The monoisotopic (exact) mass is 432 g/mol. The second-order valence-corrected chi connectivity index (χ2v) is 8.19. The van der Waals surface area contributed by atoms with Gasteiger partial charge in [0.2, 0.25) is 5.91 Å². The number of ether oxygens (including phenoxy) is 2. The topological polar surface area (TPSA) is 76.7 Å². The fourth-order valence-electron chi connectivity index (χ4n) is 4.06. The first kappa shape index (κ1) is 21.7. The summed E-state index contributed by atoms with van der Waals surface area (Å²) in [6, 6.07) is 17.6. The summed E-state index contributed by atoms with van der Waals surface area (Å²) in [6.07, 6.45) is 1.96. The number of para-hydroxylation sites is 1. The van der Waals surface area contributed by atoms with E-state index < -0.39 is 11.9 Å². The predicted octanol–water partition coefficient (Wildman–Crippen LogP) is 3.95. The maximum Gasteiger partial charge on any atom is 0.336 e. The minimum Gasteiger partial charge on any atom is -0.489 e. The van der Waals surface area contributed by atoms with Gasteiger partial charge in [-0.2, -0.15) is 0 Å². The number of benzene rings is 2. The highest BCUT2D eigenvalue weighted by molar-refractivity contribution is 6.02. The van der Waals surface area contributed by atoms with Gasteiger partial charge in [-0.05, 0) is 38.3 Å². The summed E-state index contributed by atoms with van der Waals surface area (Å²) in [7, 11) is 1.35. The van der Waals surface area contributed by atoms with Crippen molar-refractivity contribution in [1.29, 1.82) is 0 Å². The lowest BCUT2D eigenvalue weighted by Gasteiger charge is -2.31. The molecular formula is C26H28N2O4. The smallest absolute Gasteiger partial charge is 0.336 e. The molecule has 0 spiro atoms. The average Bonchev–Trinajstić information content (AvgIpc) is 3.61. The van der Waals surface area contributed by atoms with Crippen molar-refractivity contribution < 1.29 is 19.1 Å². The summed E-state index contributed by atoms with van der Waals surface area (Å²) >= 11 is 0. The van der Waals surface area contributed by atoms with Crippen molar-refractivity contribution in [1.82, 2.24) is 10.6 Å². The van der Waals surface area contributed by atoms with Crippen LogP contribution in [0.15, 0.2) is 77.1 Å². The van der Waals surface area contributed by atoms with E-state index in [-0.39, 0.29) is 11.9 Å². The van der Waals surface area contributed by atoms with Crippen molar-refractivity contribution in [2.45, 2.75) is 45.3 Å². The number of hydrogen-bond donors (Lipinski definition) is 2. The Labute approximate surface area is 188 Å². The Morgan fingerprint density at radius 1 is 0.969 bits per heavy atom. The number of amides is 1. The highest BCUT2D eigenvalue weighted by atomic mass is 16.5. The number of hydrogen-bond acceptors (Lipinski definition) is 5. The molecule has 0 saturated heterocycles. The fraction of sp³-hybridized carbons (Fsp3) is 0.308. The number of methoxy groups -OCH3 is 1. The van der Waals surface area contributed by atoms with E-state index in [1.807, 2.05) is 68.4 Å². The van der Waals surface area contributed by atoms with Gasteiger partial charge in [-0.1, -0.05) is 48.5 Å². The van der Waals surface area contributed by atoms with Crippen LogP contribution in [0.3, 0.4) is 0 Å². The number of carbonyl (C=O) groups is 2. The lowest BCUT2D eigenvalue weighted by molar-refractivity contribution is -0.136. The summed E-state index contributed by atoms with van der Waals surface area (Å²) in [5.41, 5.74) is 4.10. The van der Waals surface area contributed by atoms with E-state index in [0.29, 0.717) is 29.2 Å². The van der Waals surface area contributed by atoms with E-state index >= 15 is 0 Å². The van der Waals surface area contributed by atoms with Crippen molar-refractivity contribution >= 4 is 11.9 Å². The van der Waals surface area contributed by atoms with Crippen molar-refractivity contribution in [3.63, 3.8) is 0 Å². The molecule has 32 heavy (non-hydrogen) atoms. The Kier molecular flexibility index (Phi) is 6.30. The van der Waals surface area contributed by atoms with Crippen LogP contribution in [0.1, 0.15) is 43.7 Å². The van der Waals surface area contributed by atoms with Gasteiger partial charge in [0, 0.05) is 28.6 Å². The normalized spacial score (nSPS) is 18.2. The molecule has 2 aromatic carbocycles. The molecule has 1 heterocycles. The Balaban J connectivity index is 1.76. The third-order valence-corrected chi connectivity index (χ3v) is 5.79. The van der Waals surface area contributed by atoms with Crippen LogP contribution in [0, 0.1) is 0 Å². The molecular weight excluding hydrogens is 404 g/mol. The molecule has 0 radical (unpaired) electrons. The Morgan fingerprint density at radius 2 is 1.62 bits per heavy atom. The summed E-state index contributed by atoms with van der Waals surface area (Å²) in [5, 5.41) is 6.27. The summed E-state index contributed by atoms with van der Waals surface area (Å²) in [5.74, 6) is -0.618. The third-order valence-electron chi connectivity index (χ3n) is 5.79. The lowest BCUT2D eigenvalue weighted by atomic mass is 9.79. The molecule has 1 saturated carbocycles. The zero-order chi connectivity index (χ0) is 22.7. The third kappa shape index (κ3) is 4.54. The molecule has 0 bridgehead atoms. The molecule has 1 unspecified atom stereocenters. The zero-order valence-corrected chi connectivity index (χ0v) is 18.6. The summed E-state index contributed by atoms with van der Waals surface area (Å²) in [6.45, 7) is 4.07. The van der Waals surface area contributed by atoms with Crippen LogP contribution >= 0.6 is 0 Å². The maximum atomic E-state index is 13.3. The summed E-state index contributed by atoms with van der Waals surface area (Å²) < 4.78 is 11.3. The second-order valence-electron chi connectivity index (χ2n) is 8.19. The zero-order valence-electron chi connectivity index (χ0n) is 18.6. The number of dihydropyridines is 1. The highest BCUT2D eigenvalue weighted by Gasteiger charge is 2.39. The van der Waals surface area contributed by atoms with Crippen molar-refractivity contribution in [2.24, 2.45) is 0 Å². The molecule has 6 nitrogen and oxygen atoms in total. The van der Waals surface area contributed by atoms with Crippen LogP contribution in [0.2, 0.25) is 0 Å². The largest absolute Gasteiger partial charge is 0.489 e. The van der Waals surface area contributed by atoms with E-state index in [2.05, 4.69) is 10.6 Å². The molecule has 2 N–H and O–H groups in total. The van der Waals surface area contributed by atoms with Gasteiger partial charge in [-0.15, -0.1) is 0 Å². The Morgan fingerprint density at radius 3 is 2.31 bits per heavy atom. The van der Waals surface area contributed by atoms with Gasteiger partial charge in [-0.3, -0.25) is 4.79 Å². The molecule has 166 valence electrons. The van der Waals surface area contributed by atoms with Crippen LogP contribution in [0.25, 0.3) is 0 Å². The molecule has 6 heteroatoms. The lowest BCUT2D eigenvalue weighted by Crippen LogP contribution is -2.37. The van der Waals surface area contributed by atoms with Crippen LogP contribution in [-0.4, -0.2) is 25.0 Å². The number of rotatable bonds is 7. The van der Waals surface area contributed by atoms with E-state index in [4.69, 9.17) is 9.47 Å². The maximum absolute atomic E-state index is 13.3. The number of carbonyl (C=O) groups excluding carboxylic acids is 2. The van der Waals surface area contributed by atoms with Crippen LogP contribution in [-0.2, 0) is 20.9 Å². The van der Waals surface area contributed by atoms with Gasteiger partial charge in [-0.25, -0.2) is 4.79 Å². The van der Waals surface area contributed by atoms with Crippen LogP contribution in [0.4, 0.5) is 0 Å². The van der Waals surface area contributed by atoms with E-state index in [9.17, 15) is 9.59 Å². The quantitative estimate of drug-likeness (QED) is 0.648. The first-order chi connectivity index (χ1) is 15.5.